The Morgan fingerprint density at radius 1 is 0.722 bits per heavy atom. The smallest absolute Gasteiger partial charge is 0.418 e. The van der Waals surface area contributed by atoms with Crippen LogP contribution in [0.1, 0.15) is 38.8 Å². The van der Waals surface area contributed by atoms with E-state index in [9.17, 15) is 26.0 Å². The summed E-state index contributed by atoms with van der Waals surface area (Å²) in [5.41, 5.74) is 4.09. The second-order valence-electron chi connectivity index (χ2n) is 7.53. The van der Waals surface area contributed by atoms with Crippen molar-refractivity contribution in [1.82, 2.24) is 4.90 Å². The van der Waals surface area contributed by atoms with Gasteiger partial charge in [0, 0.05) is 30.4 Å². The van der Waals surface area contributed by atoms with Crippen LogP contribution in [0.3, 0.4) is 0 Å². The summed E-state index contributed by atoms with van der Waals surface area (Å²) >= 11 is 0. The van der Waals surface area contributed by atoms with Gasteiger partial charge in [0.1, 0.15) is 24.7 Å². The Balaban J connectivity index is 0.00000118. The minimum atomic E-state index is -6.00. The first-order valence-electron chi connectivity index (χ1n) is 11.8. The molecule has 0 saturated carbocycles. The first kappa shape index (κ1) is 30.8. The fraction of sp³-hybridized carbons (Fsp3) is 0.296. The maximum absolute atomic E-state index is 13.3. The van der Waals surface area contributed by atoms with Gasteiger partial charge in [-0.05, 0) is 87.9 Å². The Kier molecular flexibility index (Phi) is 13.4. The predicted molar refractivity (Wildman–Crippen MR) is 138 cm³/mol. The SMILES string of the molecule is CCN(CC)\C(=C/C=C/C=C/C(c1ccc(F)cc1)=[N+](CC)CC)c1ccc(F)cc1.F[B-](F)(F)F. The van der Waals surface area contributed by atoms with E-state index in [0.717, 1.165) is 48.7 Å². The zero-order valence-corrected chi connectivity index (χ0v) is 21.1. The molecule has 0 spiro atoms. The average Bonchev–Trinajstić information content (AvgIpc) is 2.83. The van der Waals surface area contributed by atoms with Gasteiger partial charge < -0.3 is 22.2 Å². The van der Waals surface area contributed by atoms with Gasteiger partial charge in [-0.3, -0.25) is 0 Å². The summed E-state index contributed by atoms with van der Waals surface area (Å²) in [6, 6.07) is 13.2. The molecular formula is C27H33BF6N2. The van der Waals surface area contributed by atoms with Gasteiger partial charge in [-0.15, -0.1) is 0 Å². The number of nitrogens with zero attached hydrogens (tertiary/aromatic N) is 2. The van der Waals surface area contributed by atoms with Crippen LogP contribution in [0.5, 0.6) is 0 Å². The summed E-state index contributed by atoms with van der Waals surface area (Å²) in [7, 11) is -6.00. The number of rotatable bonds is 10. The molecule has 0 unspecified atom stereocenters. The van der Waals surface area contributed by atoms with Crippen LogP contribution in [-0.2, 0) is 0 Å². The lowest BCUT2D eigenvalue weighted by Crippen LogP contribution is -2.21. The van der Waals surface area contributed by atoms with Gasteiger partial charge in [0.05, 0.1) is 0 Å². The summed E-state index contributed by atoms with van der Waals surface area (Å²) < 4.78 is 67.9. The molecule has 2 rings (SSSR count). The van der Waals surface area contributed by atoms with Crippen molar-refractivity contribution in [3.05, 3.63) is 102 Å². The number of benzene rings is 2. The van der Waals surface area contributed by atoms with E-state index >= 15 is 0 Å². The van der Waals surface area contributed by atoms with Crippen LogP contribution >= 0.6 is 0 Å². The van der Waals surface area contributed by atoms with Crippen molar-refractivity contribution in [2.24, 2.45) is 0 Å². The van der Waals surface area contributed by atoms with Crippen LogP contribution in [0.25, 0.3) is 5.70 Å². The van der Waals surface area contributed by atoms with Crippen molar-refractivity contribution in [3.8, 4) is 0 Å². The van der Waals surface area contributed by atoms with Gasteiger partial charge in [-0.25, -0.2) is 13.4 Å². The molecule has 196 valence electrons. The van der Waals surface area contributed by atoms with E-state index in [4.69, 9.17) is 0 Å². The molecule has 0 aromatic heterocycles. The standard InChI is InChI=1S/C27H33F2N2.BF4/c1-5-30(6-2)26(22-14-18-24(28)19-15-22)12-10-9-11-13-27(31(7-3)8-4)23-16-20-25(29)21-17-23;2-1(3,4)5/h9-21H,5-8H2,1-4H3;/q+1;-1. The van der Waals surface area contributed by atoms with Crippen LogP contribution in [0.15, 0.2) is 78.9 Å². The first-order chi connectivity index (χ1) is 17.0. The molecule has 0 N–H and O–H groups in total. The summed E-state index contributed by atoms with van der Waals surface area (Å²) in [5, 5.41) is 0. The summed E-state index contributed by atoms with van der Waals surface area (Å²) in [6.45, 7) is 11.9. The highest BCUT2D eigenvalue weighted by Gasteiger charge is 2.20. The molecule has 0 aliphatic carbocycles. The molecule has 0 bridgehead atoms. The molecule has 2 nitrogen and oxygen atoms in total. The Hall–Kier alpha value is -3.23. The van der Waals surface area contributed by atoms with Crippen LogP contribution in [0.4, 0.5) is 26.0 Å². The lowest BCUT2D eigenvalue weighted by atomic mass is 10.1. The Morgan fingerprint density at radius 3 is 1.58 bits per heavy atom. The second kappa shape index (κ2) is 15.7. The third-order valence-electron chi connectivity index (χ3n) is 5.22. The van der Waals surface area contributed by atoms with Gasteiger partial charge >= 0.3 is 7.25 Å². The minimum Gasteiger partial charge on any atom is -0.418 e. The molecule has 36 heavy (non-hydrogen) atoms. The highest BCUT2D eigenvalue weighted by atomic mass is 19.5. The zero-order valence-electron chi connectivity index (χ0n) is 21.1. The van der Waals surface area contributed by atoms with Crippen molar-refractivity contribution in [3.63, 3.8) is 0 Å². The zero-order chi connectivity index (χ0) is 27.1. The fourth-order valence-corrected chi connectivity index (χ4v) is 3.50. The van der Waals surface area contributed by atoms with Gasteiger partial charge in [-0.1, -0.05) is 18.2 Å². The van der Waals surface area contributed by atoms with E-state index in [1.165, 1.54) is 24.3 Å². The molecule has 0 radical (unpaired) electrons. The molecule has 9 heteroatoms. The van der Waals surface area contributed by atoms with E-state index in [2.05, 4.69) is 49.3 Å². The number of halogens is 6. The Bertz CT molecular complexity index is 1020. The van der Waals surface area contributed by atoms with Gasteiger partial charge in [0.25, 0.3) is 0 Å². The lowest BCUT2D eigenvalue weighted by molar-refractivity contribution is -0.519. The molecule has 0 atom stereocenters. The quantitative estimate of drug-likeness (QED) is 0.105. The van der Waals surface area contributed by atoms with Crippen molar-refractivity contribution >= 4 is 18.7 Å². The summed E-state index contributed by atoms with van der Waals surface area (Å²) in [6.07, 6.45) is 10.1. The van der Waals surface area contributed by atoms with Gasteiger partial charge in [-0.2, -0.15) is 0 Å². The molecule has 0 fully saturated rings. The predicted octanol–water partition coefficient (Wildman–Crippen LogP) is 7.60. The lowest BCUT2D eigenvalue weighted by Gasteiger charge is -2.24. The van der Waals surface area contributed by atoms with E-state index in [-0.39, 0.29) is 11.6 Å². The normalized spacial score (nSPS) is 12.0. The summed E-state index contributed by atoms with van der Waals surface area (Å²) in [5.74, 6) is -0.470. The molecule has 0 amide bonds. The van der Waals surface area contributed by atoms with Gasteiger partial charge in [0.15, 0.2) is 0 Å². The molecule has 0 saturated heterocycles. The van der Waals surface area contributed by atoms with E-state index in [1.54, 1.807) is 0 Å². The van der Waals surface area contributed by atoms with Crippen molar-refractivity contribution in [1.29, 1.82) is 0 Å². The number of allylic oxidation sites excluding steroid dienone is 5. The van der Waals surface area contributed by atoms with Crippen molar-refractivity contribution in [2.45, 2.75) is 27.7 Å². The summed E-state index contributed by atoms with van der Waals surface area (Å²) in [4.78, 5) is 2.24. The first-order valence-corrected chi connectivity index (χ1v) is 11.8. The van der Waals surface area contributed by atoms with Crippen LogP contribution in [0, 0.1) is 11.6 Å². The maximum Gasteiger partial charge on any atom is 0.673 e. The molecule has 0 aliphatic heterocycles. The van der Waals surface area contributed by atoms with Gasteiger partial charge in [0.2, 0.25) is 5.71 Å². The third kappa shape index (κ3) is 11.5. The monoisotopic (exact) mass is 510 g/mol. The van der Waals surface area contributed by atoms with E-state index in [1.807, 2.05) is 42.5 Å². The van der Waals surface area contributed by atoms with Crippen molar-refractivity contribution in [2.75, 3.05) is 26.2 Å². The molecular weight excluding hydrogens is 477 g/mol. The van der Waals surface area contributed by atoms with E-state index in [0.29, 0.717) is 0 Å². The van der Waals surface area contributed by atoms with Crippen molar-refractivity contribution < 1.29 is 30.6 Å². The maximum atomic E-state index is 13.3. The van der Waals surface area contributed by atoms with Crippen LogP contribution in [0.2, 0.25) is 0 Å². The highest BCUT2D eigenvalue weighted by molar-refractivity contribution is 6.50. The second-order valence-corrected chi connectivity index (χ2v) is 7.53. The molecule has 0 aliphatic rings. The fourth-order valence-electron chi connectivity index (χ4n) is 3.50. The minimum absolute atomic E-state index is 0.235. The molecule has 2 aromatic carbocycles. The molecule has 2 aromatic rings. The molecule has 0 heterocycles. The van der Waals surface area contributed by atoms with Crippen LogP contribution < -0.4 is 0 Å². The Labute approximate surface area is 210 Å². The number of hydrogen-bond acceptors (Lipinski definition) is 1. The number of hydrogen-bond donors (Lipinski definition) is 0. The highest BCUT2D eigenvalue weighted by Crippen LogP contribution is 2.19. The Morgan fingerprint density at radius 2 is 1.17 bits per heavy atom. The topological polar surface area (TPSA) is 6.25 Å². The largest absolute Gasteiger partial charge is 0.673 e. The van der Waals surface area contributed by atoms with E-state index < -0.39 is 7.25 Å². The van der Waals surface area contributed by atoms with Crippen LogP contribution in [-0.4, -0.2) is 48.6 Å². The average molecular weight is 510 g/mol. The third-order valence-corrected chi connectivity index (χ3v) is 5.22.